The topological polar surface area (TPSA) is 46.3 Å². The molecule has 0 fully saturated rings. The molecule has 0 aliphatic heterocycles. The van der Waals surface area contributed by atoms with Crippen LogP contribution in [-0.4, -0.2) is 10.3 Å². The van der Waals surface area contributed by atoms with Crippen LogP contribution in [0.1, 0.15) is 5.56 Å². The summed E-state index contributed by atoms with van der Waals surface area (Å²) in [6.07, 6.45) is 0. The first-order chi connectivity index (χ1) is 7.61. The van der Waals surface area contributed by atoms with Gasteiger partial charge in [-0.1, -0.05) is 5.16 Å². The molecule has 2 rings (SSSR count). The van der Waals surface area contributed by atoms with Gasteiger partial charge in [0.05, 0.1) is 12.2 Å². The van der Waals surface area contributed by atoms with Crippen LogP contribution in [0.3, 0.4) is 0 Å². The van der Waals surface area contributed by atoms with Crippen LogP contribution in [0.25, 0.3) is 11.3 Å². The molecule has 0 aliphatic carbocycles. The number of aliphatic hydroxyl groups is 1. The van der Waals surface area contributed by atoms with E-state index in [1.165, 1.54) is 0 Å². The van der Waals surface area contributed by atoms with Crippen molar-refractivity contribution < 1.29 is 18.4 Å². The van der Waals surface area contributed by atoms with Crippen LogP contribution in [0, 0.1) is 11.6 Å². The van der Waals surface area contributed by atoms with Crippen LogP contribution in [0.5, 0.6) is 0 Å². The normalized spacial score (nSPS) is 10.8. The number of hydrogen-bond donors (Lipinski definition) is 1. The molecule has 1 heterocycles. The standard InChI is InChI=1S/C10H6ClF2NO2/c11-10-8(4-15)9(14-16-10)5-1-6(12)3-7(13)2-5/h1-3,15H,4H2. The van der Waals surface area contributed by atoms with Crippen molar-refractivity contribution in [3.05, 3.63) is 40.6 Å². The fourth-order valence-corrected chi connectivity index (χ4v) is 1.53. The summed E-state index contributed by atoms with van der Waals surface area (Å²) in [4.78, 5) is 0. The van der Waals surface area contributed by atoms with E-state index in [4.69, 9.17) is 16.7 Å². The number of aliphatic hydroxyl groups excluding tert-OH is 1. The van der Waals surface area contributed by atoms with E-state index in [9.17, 15) is 8.78 Å². The molecule has 1 N–H and O–H groups in total. The smallest absolute Gasteiger partial charge is 0.232 e. The van der Waals surface area contributed by atoms with Gasteiger partial charge in [0.1, 0.15) is 17.3 Å². The lowest BCUT2D eigenvalue weighted by Crippen LogP contribution is -1.89. The second-order valence-corrected chi connectivity index (χ2v) is 3.44. The first-order valence-electron chi connectivity index (χ1n) is 4.33. The second kappa shape index (κ2) is 4.19. The minimum absolute atomic E-state index is 0.0952. The van der Waals surface area contributed by atoms with Crippen molar-refractivity contribution in [2.75, 3.05) is 0 Å². The Balaban J connectivity index is 2.58. The fraction of sp³-hybridized carbons (Fsp3) is 0.100. The van der Waals surface area contributed by atoms with Crippen molar-refractivity contribution in [2.24, 2.45) is 0 Å². The molecule has 0 spiro atoms. The highest BCUT2D eigenvalue weighted by Gasteiger charge is 2.16. The van der Waals surface area contributed by atoms with Gasteiger partial charge in [-0.15, -0.1) is 0 Å². The van der Waals surface area contributed by atoms with Gasteiger partial charge in [0.2, 0.25) is 5.22 Å². The van der Waals surface area contributed by atoms with E-state index < -0.39 is 18.2 Å². The van der Waals surface area contributed by atoms with Gasteiger partial charge in [0, 0.05) is 11.6 Å². The van der Waals surface area contributed by atoms with E-state index >= 15 is 0 Å². The Hall–Kier alpha value is -1.46. The van der Waals surface area contributed by atoms with E-state index in [-0.39, 0.29) is 22.0 Å². The Labute approximate surface area is 94.2 Å². The Kier molecular flexibility index (Phi) is 2.89. The summed E-state index contributed by atoms with van der Waals surface area (Å²) in [5.41, 5.74) is 0.495. The number of benzene rings is 1. The van der Waals surface area contributed by atoms with E-state index in [0.29, 0.717) is 0 Å². The highest BCUT2D eigenvalue weighted by atomic mass is 35.5. The minimum atomic E-state index is -0.738. The maximum atomic E-state index is 13.0. The molecule has 0 saturated heterocycles. The first kappa shape index (κ1) is 11.0. The third-order valence-electron chi connectivity index (χ3n) is 2.03. The molecule has 3 nitrogen and oxygen atoms in total. The molecular weight excluding hydrogens is 240 g/mol. The van der Waals surface area contributed by atoms with Crippen LogP contribution in [0.4, 0.5) is 8.78 Å². The number of hydrogen-bond acceptors (Lipinski definition) is 3. The van der Waals surface area contributed by atoms with Gasteiger partial charge in [0.15, 0.2) is 0 Å². The Bertz CT molecular complexity index is 507. The van der Waals surface area contributed by atoms with Crippen molar-refractivity contribution in [1.82, 2.24) is 5.16 Å². The van der Waals surface area contributed by atoms with Crippen LogP contribution in [-0.2, 0) is 6.61 Å². The quantitative estimate of drug-likeness (QED) is 0.885. The Morgan fingerprint density at radius 1 is 1.25 bits per heavy atom. The van der Waals surface area contributed by atoms with E-state index in [2.05, 4.69) is 9.68 Å². The molecule has 0 saturated carbocycles. The van der Waals surface area contributed by atoms with Gasteiger partial charge in [-0.25, -0.2) is 8.78 Å². The number of halogens is 3. The molecule has 0 unspecified atom stereocenters. The summed E-state index contributed by atoms with van der Waals surface area (Å²) in [5, 5.41) is 12.5. The highest BCUT2D eigenvalue weighted by molar-refractivity contribution is 6.29. The SMILES string of the molecule is OCc1c(-c2cc(F)cc(F)c2)noc1Cl. The fourth-order valence-electron chi connectivity index (χ4n) is 1.34. The average molecular weight is 246 g/mol. The molecule has 2 aromatic rings. The zero-order chi connectivity index (χ0) is 11.7. The third kappa shape index (κ3) is 1.91. The molecule has 0 aliphatic rings. The van der Waals surface area contributed by atoms with E-state index in [0.717, 1.165) is 18.2 Å². The molecule has 0 radical (unpaired) electrons. The lowest BCUT2D eigenvalue weighted by atomic mass is 10.1. The summed E-state index contributed by atoms with van der Waals surface area (Å²) in [5.74, 6) is -1.48. The monoisotopic (exact) mass is 245 g/mol. The maximum Gasteiger partial charge on any atom is 0.232 e. The van der Waals surface area contributed by atoms with Crippen LogP contribution in [0.2, 0.25) is 5.22 Å². The van der Waals surface area contributed by atoms with Gasteiger partial charge >= 0.3 is 0 Å². The Morgan fingerprint density at radius 2 is 1.88 bits per heavy atom. The first-order valence-corrected chi connectivity index (χ1v) is 4.71. The van der Waals surface area contributed by atoms with Gasteiger partial charge in [-0.2, -0.15) is 0 Å². The molecule has 6 heteroatoms. The van der Waals surface area contributed by atoms with Gasteiger partial charge < -0.3 is 9.63 Å². The van der Waals surface area contributed by atoms with E-state index in [1.807, 2.05) is 0 Å². The lowest BCUT2D eigenvalue weighted by molar-refractivity contribution is 0.281. The summed E-state index contributed by atoms with van der Waals surface area (Å²) in [6.45, 7) is -0.421. The third-order valence-corrected chi connectivity index (χ3v) is 2.33. The molecule has 0 atom stereocenters. The number of rotatable bonds is 2. The van der Waals surface area contributed by atoms with Gasteiger partial charge in [-0.05, 0) is 23.7 Å². The zero-order valence-corrected chi connectivity index (χ0v) is 8.63. The highest BCUT2D eigenvalue weighted by Crippen LogP contribution is 2.29. The molecule has 0 amide bonds. The molecule has 0 bridgehead atoms. The summed E-state index contributed by atoms with van der Waals surface area (Å²) >= 11 is 5.60. The second-order valence-electron chi connectivity index (χ2n) is 3.10. The predicted octanol–water partition coefficient (Wildman–Crippen LogP) is 2.77. The largest absolute Gasteiger partial charge is 0.391 e. The molecule has 16 heavy (non-hydrogen) atoms. The predicted molar refractivity (Wildman–Crippen MR) is 52.8 cm³/mol. The minimum Gasteiger partial charge on any atom is -0.391 e. The van der Waals surface area contributed by atoms with Crippen molar-refractivity contribution in [1.29, 1.82) is 0 Å². The van der Waals surface area contributed by atoms with Crippen molar-refractivity contribution in [3.63, 3.8) is 0 Å². The van der Waals surface area contributed by atoms with Gasteiger partial charge in [0.25, 0.3) is 0 Å². The maximum absolute atomic E-state index is 13.0. The average Bonchev–Trinajstić information content (AvgIpc) is 2.58. The van der Waals surface area contributed by atoms with E-state index in [1.54, 1.807) is 0 Å². The summed E-state index contributed by atoms with van der Waals surface area (Å²) in [7, 11) is 0. The van der Waals surface area contributed by atoms with Crippen LogP contribution >= 0.6 is 11.6 Å². The molecular formula is C10H6ClF2NO2. The van der Waals surface area contributed by atoms with Crippen LogP contribution < -0.4 is 0 Å². The lowest BCUT2D eigenvalue weighted by Gasteiger charge is -1.99. The summed E-state index contributed by atoms with van der Waals surface area (Å²) in [6, 6.07) is 2.90. The Morgan fingerprint density at radius 3 is 2.44 bits per heavy atom. The number of nitrogens with zero attached hydrogens (tertiary/aromatic N) is 1. The molecule has 1 aromatic carbocycles. The summed E-state index contributed by atoms with van der Waals surface area (Å²) < 4.78 is 30.6. The van der Waals surface area contributed by atoms with Crippen molar-refractivity contribution in [2.45, 2.75) is 6.61 Å². The van der Waals surface area contributed by atoms with Crippen molar-refractivity contribution >= 4 is 11.6 Å². The van der Waals surface area contributed by atoms with Crippen LogP contribution in [0.15, 0.2) is 22.7 Å². The molecule has 1 aromatic heterocycles. The van der Waals surface area contributed by atoms with Gasteiger partial charge in [-0.3, -0.25) is 0 Å². The zero-order valence-electron chi connectivity index (χ0n) is 7.88. The van der Waals surface area contributed by atoms with Crippen molar-refractivity contribution in [3.8, 4) is 11.3 Å². The number of aromatic nitrogens is 1. The molecule has 84 valence electrons.